The van der Waals surface area contributed by atoms with Crippen molar-refractivity contribution in [3.8, 4) is 0 Å². The molecule has 3 N–H and O–H groups in total. The number of aliphatic hydroxyl groups is 1. The third-order valence-electron chi connectivity index (χ3n) is 3.48. The van der Waals surface area contributed by atoms with Crippen molar-refractivity contribution in [2.45, 2.75) is 58.3 Å². The fraction of sp³-hybridized carbons (Fsp3) is 1.00. The number of nitrogens with two attached hydrogens (primary N) is 1. The van der Waals surface area contributed by atoms with Gasteiger partial charge in [0, 0.05) is 24.8 Å². The summed E-state index contributed by atoms with van der Waals surface area (Å²) >= 11 is 0. The summed E-state index contributed by atoms with van der Waals surface area (Å²) in [5.41, 5.74) is 4.79. The molecule has 0 saturated carbocycles. The summed E-state index contributed by atoms with van der Waals surface area (Å²) in [6.45, 7) is 8.57. The summed E-state index contributed by atoms with van der Waals surface area (Å²) in [5, 5.41) is 10.6. The maximum Gasteiger partial charge on any atom is 0.0759 e. The van der Waals surface area contributed by atoms with E-state index in [9.17, 15) is 5.11 Å². The van der Waals surface area contributed by atoms with E-state index in [1.54, 1.807) is 0 Å². The van der Waals surface area contributed by atoms with E-state index in [2.05, 4.69) is 0 Å². The molecule has 1 saturated heterocycles. The number of hydrogen-bond donors (Lipinski definition) is 2. The third-order valence-corrected chi connectivity index (χ3v) is 3.48. The van der Waals surface area contributed by atoms with Gasteiger partial charge in [0.1, 0.15) is 0 Å². The van der Waals surface area contributed by atoms with Crippen LogP contribution in [0.5, 0.6) is 0 Å². The van der Waals surface area contributed by atoms with Crippen molar-refractivity contribution in [2.24, 2.45) is 11.1 Å². The maximum absolute atomic E-state index is 10.6. The van der Waals surface area contributed by atoms with E-state index in [1.165, 1.54) is 0 Å². The lowest BCUT2D eigenvalue weighted by Crippen LogP contribution is -2.55. The van der Waals surface area contributed by atoms with Crippen LogP contribution < -0.4 is 5.73 Å². The lowest BCUT2D eigenvalue weighted by molar-refractivity contribution is -0.176. The van der Waals surface area contributed by atoms with Gasteiger partial charge in [-0.1, -0.05) is 13.8 Å². The highest BCUT2D eigenvalue weighted by atomic mass is 16.5. The summed E-state index contributed by atoms with van der Waals surface area (Å²) in [6.07, 6.45) is 1.60. The van der Waals surface area contributed by atoms with Crippen LogP contribution in [0.25, 0.3) is 0 Å². The topological polar surface area (TPSA) is 55.5 Å². The highest BCUT2D eigenvalue weighted by Crippen LogP contribution is 2.41. The molecule has 0 aromatic heterocycles. The van der Waals surface area contributed by atoms with Gasteiger partial charge < -0.3 is 15.6 Å². The van der Waals surface area contributed by atoms with Crippen molar-refractivity contribution in [3.63, 3.8) is 0 Å². The third kappa shape index (κ3) is 2.10. The van der Waals surface area contributed by atoms with Gasteiger partial charge in [-0.15, -0.1) is 0 Å². The minimum Gasteiger partial charge on any atom is -0.389 e. The number of hydrogen-bond acceptors (Lipinski definition) is 3. The monoisotopic (exact) mass is 201 g/mol. The van der Waals surface area contributed by atoms with Crippen molar-refractivity contribution < 1.29 is 9.84 Å². The zero-order valence-corrected chi connectivity index (χ0v) is 9.71. The quantitative estimate of drug-likeness (QED) is 0.708. The molecule has 14 heavy (non-hydrogen) atoms. The van der Waals surface area contributed by atoms with Gasteiger partial charge in [0.25, 0.3) is 0 Å². The van der Waals surface area contributed by atoms with E-state index in [0.29, 0.717) is 19.4 Å². The van der Waals surface area contributed by atoms with Crippen LogP contribution in [0.2, 0.25) is 0 Å². The van der Waals surface area contributed by atoms with E-state index in [-0.39, 0.29) is 17.6 Å². The summed E-state index contributed by atoms with van der Waals surface area (Å²) < 4.78 is 5.62. The summed E-state index contributed by atoms with van der Waals surface area (Å²) in [6, 6.07) is 0. The van der Waals surface area contributed by atoms with Gasteiger partial charge >= 0.3 is 0 Å². The highest BCUT2D eigenvalue weighted by Gasteiger charge is 2.47. The van der Waals surface area contributed by atoms with Crippen molar-refractivity contribution in [3.05, 3.63) is 0 Å². The van der Waals surface area contributed by atoms with Crippen molar-refractivity contribution in [1.82, 2.24) is 0 Å². The Morgan fingerprint density at radius 3 is 2.14 bits per heavy atom. The highest BCUT2D eigenvalue weighted by molar-refractivity contribution is 4.98. The molecule has 3 nitrogen and oxygen atoms in total. The first-order chi connectivity index (χ1) is 6.31. The normalized spacial score (nSPS) is 39.9. The van der Waals surface area contributed by atoms with Gasteiger partial charge in [0.05, 0.1) is 17.8 Å². The molecule has 1 rings (SSSR count). The number of ether oxygens (including phenoxy) is 1. The van der Waals surface area contributed by atoms with Gasteiger partial charge in [-0.05, 0) is 13.8 Å². The molecule has 0 radical (unpaired) electrons. The second-order valence-corrected chi connectivity index (χ2v) is 5.29. The lowest BCUT2D eigenvalue weighted by atomic mass is 9.68. The molecule has 0 amide bonds. The Morgan fingerprint density at radius 1 is 1.36 bits per heavy atom. The van der Waals surface area contributed by atoms with Gasteiger partial charge in [-0.25, -0.2) is 0 Å². The first-order valence-corrected chi connectivity index (χ1v) is 5.39. The number of rotatable bonds is 2. The SMILES string of the molecule is CC1CC(O)(C(C)(C)CN)CC(C)O1. The first-order valence-electron chi connectivity index (χ1n) is 5.39. The Labute approximate surface area is 86.6 Å². The maximum atomic E-state index is 10.6. The van der Waals surface area contributed by atoms with Crippen LogP contribution in [0.4, 0.5) is 0 Å². The summed E-state index contributed by atoms with van der Waals surface area (Å²) in [5.74, 6) is 0. The lowest BCUT2D eigenvalue weighted by Gasteiger charge is -2.48. The van der Waals surface area contributed by atoms with Crippen molar-refractivity contribution in [1.29, 1.82) is 0 Å². The van der Waals surface area contributed by atoms with E-state index < -0.39 is 5.60 Å². The summed E-state index contributed by atoms with van der Waals surface area (Å²) in [7, 11) is 0. The second kappa shape index (κ2) is 3.80. The zero-order valence-electron chi connectivity index (χ0n) is 9.71. The van der Waals surface area contributed by atoms with Crippen LogP contribution in [0.1, 0.15) is 40.5 Å². The Hall–Kier alpha value is -0.120. The molecule has 2 unspecified atom stereocenters. The zero-order chi connectivity index (χ0) is 11.0. The average Bonchev–Trinajstić information content (AvgIpc) is 2.01. The molecule has 0 aromatic carbocycles. The van der Waals surface area contributed by atoms with Crippen LogP contribution >= 0.6 is 0 Å². The fourth-order valence-electron chi connectivity index (χ4n) is 2.27. The molecule has 1 aliphatic rings. The smallest absolute Gasteiger partial charge is 0.0759 e. The molecule has 0 aromatic rings. The molecule has 0 spiro atoms. The van der Waals surface area contributed by atoms with Crippen LogP contribution in [-0.4, -0.2) is 29.5 Å². The largest absolute Gasteiger partial charge is 0.389 e. The Kier molecular flexibility index (Phi) is 3.24. The van der Waals surface area contributed by atoms with E-state index in [1.807, 2.05) is 27.7 Å². The first kappa shape index (κ1) is 12.0. The van der Waals surface area contributed by atoms with Crippen LogP contribution in [-0.2, 0) is 4.74 Å². The fourth-order valence-corrected chi connectivity index (χ4v) is 2.27. The predicted molar refractivity (Wildman–Crippen MR) is 57.0 cm³/mol. The van der Waals surface area contributed by atoms with Crippen LogP contribution in [0.3, 0.4) is 0 Å². The van der Waals surface area contributed by atoms with Crippen molar-refractivity contribution >= 4 is 0 Å². The Morgan fingerprint density at radius 2 is 1.79 bits per heavy atom. The molecule has 3 heteroatoms. The predicted octanol–water partition coefficient (Wildman–Crippen LogP) is 1.29. The van der Waals surface area contributed by atoms with Gasteiger partial charge in [-0.3, -0.25) is 0 Å². The molecular weight excluding hydrogens is 178 g/mol. The Bertz CT molecular complexity index is 193. The van der Waals surface area contributed by atoms with E-state index in [0.717, 1.165) is 0 Å². The Balaban J connectivity index is 2.82. The molecule has 2 atom stereocenters. The molecular formula is C11H23NO2. The molecule has 84 valence electrons. The minimum absolute atomic E-state index is 0.120. The van der Waals surface area contributed by atoms with E-state index in [4.69, 9.17) is 10.5 Å². The molecule has 1 aliphatic heterocycles. The standard InChI is InChI=1S/C11H23NO2/c1-8-5-11(13,6-9(2)14-8)10(3,4)7-12/h8-9,13H,5-7,12H2,1-4H3. The van der Waals surface area contributed by atoms with E-state index >= 15 is 0 Å². The molecule has 1 heterocycles. The van der Waals surface area contributed by atoms with Crippen LogP contribution in [0, 0.1) is 5.41 Å². The van der Waals surface area contributed by atoms with Gasteiger partial charge in [-0.2, -0.15) is 0 Å². The van der Waals surface area contributed by atoms with Gasteiger partial charge in [0.15, 0.2) is 0 Å². The van der Waals surface area contributed by atoms with Crippen molar-refractivity contribution in [2.75, 3.05) is 6.54 Å². The molecule has 0 bridgehead atoms. The average molecular weight is 201 g/mol. The minimum atomic E-state index is -0.682. The molecule has 1 fully saturated rings. The van der Waals surface area contributed by atoms with Crippen LogP contribution in [0.15, 0.2) is 0 Å². The molecule has 0 aliphatic carbocycles. The van der Waals surface area contributed by atoms with Gasteiger partial charge in [0.2, 0.25) is 0 Å². The second-order valence-electron chi connectivity index (χ2n) is 5.29. The summed E-state index contributed by atoms with van der Waals surface area (Å²) in [4.78, 5) is 0.